The molecule has 0 atom stereocenters. The standard InChI is InChI=1S/C24H53O3P.C8H6O4/c1-3-5-7-9-11-13-15-17-19-21-23-28(25,26,27)24-22-20-18-16-14-12-10-8-6-4-2;9-7(10)5-3-1-2-4-6(5)8(11)12/h25-27H,3-24H2,1-2H3;1-4H,(H,9,10)(H,11,12). The monoisotopic (exact) mass is 586 g/mol. The number of carboxylic acid groups (broad SMARTS) is 2. The normalized spacial score (nSPS) is 12.3. The first kappa shape index (κ1) is 38.5. The van der Waals surface area contributed by atoms with Crippen molar-refractivity contribution in [3.05, 3.63) is 35.4 Å². The fraction of sp³-hybridized carbons (Fsp3) is 0.750. The summed E-state index contributed by atoms with van der Waals surface area (Å²) in [6.45, 7) is 4.49. The maximum absolute atomic E-state index is 10.5. The van der Waals surface area contributed by atoms with Gasteiger partial charge in [0.25, 0.3) is 0 Å². The molecule has 0 radical (unpaired) electrons. The van der Waals surface area contributed by atoms with Gasteiger partial charge >= 0.3 is 188 Å². The summed E-state index contributed by atoms with van der Waals surface area (Å²) >= 11 is 0. The van der Waals surface area contributed by atoms with Crippen molar-refractivity contribution in [2.24, 2.45) is 0 Å². The molecule has 7 nitrogen and oxygen atoms in total. The fourth-order valence-corrected chi connectivity index (χ4v) is 6.78. The molecule has 1 rings (SSSR count). The number of aromatic carboxylic acids is 2. The Bertz CT molecular complexity index is 728. The van der Waals surface area contributed by atoms with Crippen molar-refractivity contribution < 1.29 is 34.5 Å². The van der Waals surface area contributed by atoms with E-state index in [1.807, 2.05) is 0 Å². The topological polar surface area (TPSA) is 135 Å². The SMILES string of the molecule is CCCCCCCCCCCCP(O)(O)(O)CCCCCCCCCCCC.O=C(O)c1ccccc1C(=O)O. The molecule has 0 unspecified atom stereocenters. The van der Waals surface area contributed by atoms with Gasteiger partial charge in [-0.05, 0) is 12.1 Å². The average Bonchev–Trinajstić information content (AvgIpc) is 2.91. The van der Waals surface area contributed by atoms with Crippen LogP contribution in [0.3, 0.4) is 0 Å². The molecule has 1 aromatic carbocycles. The van der Waals surface area contributed by atoms with Gasteiger partial charge in [0.1, 0.15) is 0 Å². The van der Waals surface area contributed by atoms with Crippen LogP contribution in [-0.2, 0) is 0 Å². The van der Waals surface area contributed by atoms with Crippen molar-refractivity contribution in [3.8, 4) is 0 Å². The van der Waals surface area contributed by atoms with E-state index in [4.69, 9.17) is 10.2 Å². The third-order valence-corrected chi connectivity index (χ3v) is 9.79. The van der Waals surface area contributed by atoms with Gasteiger partial charge in [-0.3, -0.25) is 0 Å². The quantitative estimate of drug-likeness (QED) is 0.0602. The molecule has 0 aromatic heterocycles. The maximum atomic E-state index is 10.5. The molecule has 0 amide bonds. The van der Waals surface area contributed by atoms with Crippen molar-refractivity contribution >= 4 is 19.2 Å². The van der Waals surface area contributed by atoms with Crippen LogP contribution in [0, 0.1) is 0 Å². The van der Waals surface area contributed by atoms with E-state index < -0.39 is 19.2 Å². The molecule has 0 saturated carbocycles. The molecule has 234 valence electrons. The number of carboxylic acids is 2. The molecule has 0 heterocycles. The number of hydrogen-bond donors (Lipinski definition) is 5. The summed E-state index contributed by atoms with van der Waals surface area (Å²) in [6.07, 6.45) is 24.7. The molecule has 0 aliphatic heterocycles. The van der Waals surface area contributed by atoms with E-state index in [2.05, 4.69) is 13.8 Å². The van der Waals surface area contributed by atoms with Crippen molar-refractivity contribution in [3.63, 3.8) is 0 Å². The van der Waals surface area contributed by atoms with Crippen LogP contribution in [-0.4, -0.2) is 49.2 Å². The summed E-state index contributed by atoms with van der Waals surface area (Å²) in [4.78, 5) is 51.7. The van der Waals surface area contributed by atoms with Gasteiger partial charge in [0.05, 0.1) is 11.1 Å². The van der Waals surface area contributed by atoms with Crippen LogP contribution in [0.15, 0.2) is 24.3 Å². The minimum Gasteiger partial charge on any atom is -0.478 e. The Morgan fingerprint density at radius 3 is 1.00 bits per heavy atom. The zero-order valence-electron chi connectivity index (χ0n) is 25.4. The van der Waals surface area contributed by atoms with Gasteiger partial charge in [0.15, 0.2) is 0 Å². The fourth-order valence-electron chi connectivity index (χ4n) is 4.81. The van der Waals surface area contributed by atoms with Crippen LogP contribution < -0.4 is 0 Å². The predicted molar refractivity (Wildman–Crippen MR) is 167 cm³/mol. The third kappa shape index (κ3) is 22.2. The molecule has 0 aliphatic rings. The van der Waals surface area contributed by atoms with Crippen molar-refractivity contribution in [2.75, 3.05) is 12.3 Å². The number of rotatable bonds is 24. The Labute approximate surface area is 243 Å². The average molecular weight is 587 g/mol. The van der Waals surface area contributed by atoms with E-state index in [0.29, 0.717) is 0 Å². The first-order valence-electron chi connectivity index (χ1n) is 15.8. The summed E-state index contributed by atoms with van der Waals surface area (Å²) in [6, 6.07) is 5.48. The molecule has 1 aromatic rings. The number of unbranched alkanes of at least 4 members (excludes halogenated alkanes) is 18. The summed E-state index contributed by atoms with van der Waals surface area (Å²) in [7, 11) is -4.36. The Hall–Kier alpha value is -1.53. The summed E-state index contributed by atoms with van der Waals surface area (Å²) in [5.74, 6) is -2.46. The van der Waals surface area contributed by atoms with Crippen molar-refractivity contribution in [1.29, 1.82) is 0 Å². The van der Waals surface area contributed by atoms with Crippen LogP contribution in [0.4, 0.5) is 0 Å². The minimum atomic E-state index is -4.36. The smallest absolute Gasteiger partial charge is 0.478 e. The summed E-state index contributed by atoms with van der Waals surface area (Å²) < 4.78 is 0. The van der Waals surface area contributed by atoms with E-state index in [1.165, 1.54) is 114 Å². The van der Waals surface area contributed by atoms with E-state index in [9.17, 15) is 24.3 Å². The molecule has 0 saturated heterocycles. The van der Waals surface area contributed by atoms with E-state index in [0.717, 1.165) is 38.5 Å². The summed E-state index contributed by atoms with van der Waals surface area (Å²) in [5.41, 5.74) is -0.380. The van der Waals surface area contributed by atoms with E-state index >= 15 is 0 Å². The second kappa shape index (κ2) is 23.1. The number of benzene rings is 1. The van der Waals surface area contributed by atoms with Gasteiger partial charge in [-0.25, -0.2) is 9.59 Å². The minimum absolute atomic E-state index is 0.190. The first-order valence-corrected chi connectivity index (χ1v) is 18.3. The summed E-state index contributed by atoms with van der Waals surface area (Å²) in [5, 5.41) is 17.1. The molecule has 8 heteroatoms. The van der Waals surface area contributed by atoms with Gasteiger partial charge in [-0.15, -0.1) is 0 Å². The number of hydrogen-bond acceptors (Lipinski definition) is 5. The van der Waals surface area contributed by atoms with Crippen LogP contribution in [0.1, 0.15) is 163 Å². The van der Waals surface area contributed by atoms with Gasteiger partial charge < -0.3 is 10.2 Å². The van der Waals surface area contributed by atoms with Gasteiger partial charge in [0.2, 0.25) is 0 Å². The zero-order chi connectivity index (χ0) is 30.1. The second-order valence-electron chi connectivity index (χ2n) is 11.3. The number of carbonyl (C=O) groups is 2. The molecule has 0 bridgehead atoms. The van der Waals surface area contributed by atoms with E-state index in [-0.39, 0.29) is 23.5 Å². The van der Waals surface area contributed by atoms with Gasteiger partial charge in [0, 0.05) is 0 Å². The Morgan fingerprint density at radius 2 is 0.750 bits per heavy atom. The first-order chi connectivity index (χ1) is 19.0. The third-order valence-electron chi connectivity index (χ3n) is 7.33. The zero-order valence-corrected chi connectivity index (χ0v) is 26.3. The molecular formula is C32H59O7P. The Balaban J connectivity index is 0.00000104. The van der Waals surface area contributed by atoms with Crippen LogP contribution in [0.2, 0.25) is 0 Å². The molecule has 0 spiro atoms. The molecule has 0 fully saturated rings. The van der Waals surface area contributed by atoms with Crippen LogP contribution in [0.25, 0.3) is 0 Å². The molecule has 0 aliphatic carbocycles. The van der Waals surface area contributed by atoms with Crippen LogP contribution in [0.5, 0.6) is 0 Å². The predicted octanol–water partition coefficient (Wildman–Crippen LogP) is 9.19. The molecule has 40 heavy (non-hydrogen) atoms. The van der Waals surface area contributed by atoms with Crippen LogP contribution >= 0.6 is 7.28 Å². The van der Waals surface area contributed by atoms with E-state index in [1.54, 1.807) is 0 Å². The van der Waals surface area contributed by atoms with Gasteiger partial charge in [-0.1, -0.05) is 12.1 Å². The molecular weight excluding hydrogens is 527 g/mol. The van der Waals surface area contributed by atoms with Crippen molar-refractivity contribution in [1.82, 2.24) is 0 Å². The Kier molecular flexibility index (Phi) is 22.2. The second-order valence-corrected chi connectivity index (χ2v) is 14.9. The molecule has 5 N–H and O–H groups in total. The van der Waals surface area contributed by atoms with Crippen molar-refractivity contribution in [2.45, 2.75) is 142 Å². The Morgan fingerprint density at radius 1 is 0.500 bits per heavy atom. The van der Waals surface area contributed by atoms with Gasteiger partial charge in [-0.2, -0.15) is 0 Å².